The SMILES string of the molecule is CC1(C)c2ccccc2-c2cc(N(c3ccc(C4CCCCC4)cc3)c3cc4ccccc4cc3-c3ccc4c(c3)C(C)(C)c3ccccc3-4)ccc21. The van der Waals surface area contributed by atoms with Crippen molar-refractivity contribution in [3.05, 3.63) is 173 Å². The Morgan fingerprint density at radius 1 is 0.434 bits per heavy atom. The first-order valence-electron chi connectivity index (χ1n) is 19.7. The first-order valence-corrected chi connectivity index (χ1v) is 19.7. The van der Waals surface area contributed by atoms with Crippen molar-refractivity contribution >= 4 is 27.8 Å². The lowest BCUT2D eigenvalue weighted by Gasteiger charge is -2.30. The minimum absolute atomic E-state index is 0.0418. The molecule has 0 amide bonds. The van der Waals surface area contributed by atoms with Crippen molar-refractivity contribution in [1.82, 2.24) is 0 Å². The summed E-state index contributed by atoms with van der Waals surface area (Å²) in [4.78, 5) is 2.54. The molecular weight excluding hydrogens is 639 g/mol. The second-order valence-electron chi connectivity index (χ2n) is 16.8. The van der Waals surface area contributed by atoms with Gasteiger partial charge in [0.25, 0.3) is 0 Å². The van der Waals surface area contributed by atoms with Gasteiger partial charge in [-0.1, -0.05) is 150 Å². The molecule has 260 valence electrons. The molecule has 1 saturated carbocycles. The largest absolute Gasteiger partial charge is 0.310 e. The van der Waals surface area contributed by atoms with Crippen LogP contribution in [0.2, 0.25) is 0 Å². The van der Waals surface area contributed by atoms with E-state index in [9.17, 15) is 0 Å². The number of fused-ring (bicyclic) bond motifs is 7. The number of hydrogen-bond donors (Lipinski definition) is 0. The van der Waals surface area contributed by atoms with E-state index in [4.69, 9.17) is 0 Å². The number of nitrogens with zero attached hydrogens (tertiary/aromatic N) is 1. The molecule has 7 aromatic rings. The van der Waals surface area contributed by atoms with Gasteiger partial charge >= 0.3 is 0 Å². The molecule has 0 spiro atoms. The average Bonchev–Trinajstić information content (AvgIpc) is 3.57. The Labute approximate surface area is 315 Å². The van der Waals surface area contributed by atoms with Crippen LogP contribution in [0.5, 0.6) is 0 Å². The number of benzene rings is 7. The number of hydrogen-bond acceptors (Lipinski definition) is 1. The predicted molar refractivity (Wildman–Crippen MR) is 225 cm³/mol. The smallest absolute Gasteiger partial charge is 0.0546 e. The Kier molecular flexibility index (Phi) is 7.35. The maximum atomic E-state index is 2.54. The Morgan fingerprint density at radius 3 is 1.72 bits per heavy atom. The van der Waals surface area contributed by atoms with E-state index < -0.39 is 0 Å². The molecule has 3 aliphatic rings. The van der Waals surface area contributed by atoms with Gasteiger partial charge in [-0.3, -0.25) is 0 Å². The van der Waals surface area contributed by atoms with Crippen LogP contribution in [0.1, 0.15) is 93.5 Å². The third-order valence-corrected chi connectivity index (χ3v) is 13.1. The maximum Gasteiger partial charge on any atom is 0.0546 e. The van der Waals surface area contributed by atoms with Crippen LogP contribution in [-0.2, 0) is 10.8 Å². The van der Waals surface area contributed by atoms with E-state index in [2.05, 4.69) is 178 Å². The third-order valence-electron chi connectivity index (χ3n) is 13.1. The van der Waals surface area contributed by atoms with E-state index in [0.717, 1.165) is 0 Å². The molecule has 10 rings (SSSR count). The summed E-state index contributed by atoms with van der Waals surface area (Å²) in [6.07, 6.45) is 6.66. The molecule has 3 aliphatic carbocycles. The molecular formula is C52H47N. The van der Waals surface area contributed by atoms with Crippen molar-refractivity contribution in [1.29, 1.82) is 0 Å². The van der Waals surface area contributed by atoms with Crippen molar-refractivity contribution in [2.45, 2.75) is 76.5 Å². The van der Waals surface area contributed by atoms with Crippen molar-refractivity contribution in [2.75, 3.05) is 4.90 Å². The van der Waals surface area contributed by atoms with E-state index in [1.165, 1.54) is 121 Å². The summed E-state index contributed by atoms with van der Waals surface area (Å²) in [5, 5.41) is 2.50. The Morgan fingerprint density at radius 2 is 1.00 bits per heavy atom. The minimum atomic E-state index is -0.0756. The van der Waals surface area contributed by atoms with Crippen molar-refractivity contribution < 1.29 is 0 Å². The summed E-state index contributed by atoms with van der Waals surface area (Å²) in [5.41, 5.74) is 18.5. The molecule has 0 saturated heterocycles. The lowest BCUT2D eigenvalue weighted by Crippen LogP contribution is -2.16. The van der Waals surface area contributed by atoms with Gasteiger partial charge in [-0.15, -0.1) is 0 Å². The quantitative estimate of drug-likeness (QED) is 0.174. The highest BCUT2D eigenvalue weighted by atomic mass is 15.1. The summed E-state index contributed by atoms with van der Waals surface area (Å²) in [6, 6.07) is 55.7. The van der Waals surface area contributed by atoms with Gasteiger partial charge in [0.2, 0.25) is 0 Å². The zero-order chi connectivity index (χ0) is 35.9. The van der Waals surface area contributed by atoms with Crippen LogP contribution < -0.4 is 4.90 Å². The molecule has 7 aromatic carbocycles. The molecule has 1 nitrogen and oxygen atoms in total. The second kappa shape index (κ2) is 12.1. The van der Waals surface area contributed by atoms with E-state index in [0.29, 0.717) is 5.92 Å². The van der Waals surface area contributed by atoms with Gasteiger partial charge in [-0.25, -0.2) is 0 Å². The molecule has 0 N–H and O–H groups in total. The summed E-state index contributed by atoms with van der Waals surface area (Å²) in [6.45, 7) is 9.50. The minimum Gasteiger partial charge on any atom is -0.310 e. The molecule has 0 aliphatic heterocycles. The first kappa shape index (κ1) is 32.3. The summed E-state index contributed by atoms with van der Waals surface area (Å²) in [5.74, 6) is 0.667. The predicted octanol–water partition coefficient (Wildman–Crippen LogP) is 14.6. The zero-order valence-corrected chi connectivity index (χ0v) is 31.4. The van der Waals surface area contributed by atoms with Gasteiger partial charge in [0.05, 0.1) is 5.69 Å². The normalized spacial score (nSPS) is 16.5. The van der Waals surface area contributed by atoms with Crippen LogP contribution in [0.3, 0.4) is 0 Å². The number of rotatable bonds is 5. The fourth-order valence-corrected chi connectivity index (χ4v) is 10.1. The summed E-state index contributed by atoms with van der Waals surface area (Å²) in [7, 11) is 0. The monoisotopic (exact) mass is 685 g/mol. The van der Waals surface area contributed by atoms with Crippen LogP contribution in [0.25, 0.3) is 44.2 Å². The molecule has 0 atom stereocenters. The van der Waals surface area contributed by atoms with Gasteiger partial charge in [0.15, 0.2) is 0 Å². The van der Waals surface area contributed by atoms with E-state index in [-0.39, 0.29) is 10.8 Å². The second-order valence-corrected chi connectivity index (χ2v) is 16.8. The fraction of sp³-hybridized carbons (Fsp3) is 0.231. The van der Waals surface area contributed by atoms with Crippen LogP contribution in [0.15, 0.2) is 146 Å². The van der Waals surface area contributed by atoms with Gasteiger partial charge in [0.1, 0.15) is 0 Å². The molecule has 0 radical (unpaired) electrons. The highest BCUT2D eigenvalue weighted by Crippen LogP contribution is 2.53. The first-order chi connectivity index (χ1) is 25.8. The third kappa shape index (κ3) is 5.04. The Hall–Kier alpha value is -5.40. The van der Waals surface area contributed by atoms with E-state index >= 15 is 0 Å². The average molecular weight is 686 g/mol. The highest BCUT2D eigenvalue weighted by Gasteiger charge is 2.37. The van der Waals surface area contributed by atoms with Gasteiger partial charge in [0, 0.05) is 27.8 Å². The molecule has 53 heavy (non-hydrogen) atoms. The topological polar surface area (TPSA) is 3.24 Å². The Bertz CT molecular complexity index is 2540. The summed E-state index contributed by atoms with van der Waals surface area (Å²) >= 11 is 0. The fourth-order valence-electron chi connectivity index (χ4n) is 10.1. The van der Waals surface area contributed by atoms with Crippen LogP contribution in [0, 0.1) is 0 Å². The molecule has 0 aromatic heterocycles. The lowest BCUT2D eigenvalue weighted by molar-refractivity contribution is 0.443. The van der Waals surface area contributed by atoms with Gasteiger partial charge in [-0.05, 0) is 128 Å². The molecule has 0 bridgehead atoms. The van der Waals surface area contributed by atoms with Crippen molar-refractivity contribution in [2.24, 2.45) is 0 Å². The van der Waals surface area contributed by atoms with Crippen LogP contribution in [-0.4, -0.2) is 0 Å². The van der Waals surface area contributed by atoms with Gasteiger partial charge in [-0.2, -0.15) is 0 Å². The van der Waals surface area contributed by atoms with Crippen molar-refractivity contribution in [3.63, 3.8) is 0 Å². The highest BCUT2D eigenvalue weighted by molar-refractivity contribution is 5.99. The van der Waals surface area contributed by atoms with E-state index in [1.54, 1.807) is 0 Å². The molecule has 0 unspecified atom stereocenters. The molecule has 1 heteroatoms. The Balaban J connectivity index is 1.20. The molecule has 0 heterocycles. The number of anilines is 3. The standard InChI is InChI=1S/C52H47N/c1-51(2)47-21-13-11-19-42(47)45-33-40(27-29-48(45)51)53(39-25-22-35(23-26-39)34-14-6-5-7-15-34)50-32-37-17-9-8-16-36(37)30-44(50)38-24-28-43-41-18-10-12-20-46(41)52(3,4)49(43)31-38/h8-13,16-34H,5-7,14-15H2,1-4H3. The van der Waals surface area contributed by atoms with Crippen molar-refractivity contribution in [3.8, 4) is 33.4 Å². The van der Waals surface area contributed by atoms with Gasteiger partial charge < -0.3 is 4.90 Å². The summed E-state index contributed by atoms with van der Waals surface area (Å²) < 4.78 is 0. The van der Waals surface area contributed by atoms with Crippen LogP contribution >= 0.6 is 0 Å². The zero-order valence-electron chi connectivity index (χ0n) is 31.4. The van der Waals surface area contributed by atoms with Crippen LogP contribution in [0.4, 0.5) is 17.1 Å². The molecule has 1 fully saturated rings. The lowest BCUT2D eigenvalue weighted by atomic mass is 9.81. The van der Waals surface area contributed by atoms with E-state index in [1.807, 2.05) is 0 Å². The maximum absolute atomic E-state index is 2.54.